The Morgan fingerprint density at radius 2 is 2.10 bits per heavy atom. The summed E-state index contributed by atoms with van der Waals surface area (Å²) < 4.78 is 0. The maximum Gasteiger partial charge on any atom is 0.324 e. The van der Waals surface area contributed by atoms with E-state index in [0.717, 1.165) is 44.8 Å². The first-order valence-corrected chi connectivity index (χ1v) is 7.92. The lowest BCUT2D eigenvalue weighted by atomic mass is 10.2. The van der Waals surface area contributed by atoms with Crippen molar-refractivity contribution in [2.75, 3.05) is 37.6 Å². The molecule has 0 spiro atoms. The number of urea groups is 1. The van der Waals surface area contributed by atoms with E-state index in [1.807, 2.05) is 21.9 Å². The predicted octanol–water partition coefficient (Wildman–Crippen LogP) is 2.87. The van der Waals surface area contributed by atoms with Gasteiger partial charge in [-0.2, -0.15) is 0 Å². The number of rotatable bonds is 6. The van der Waals surface area contributed by atoms with Crippen LogP contribution in [-0.4, -0.2) is 43.7 Å². The van der Waals surface area contributed by atoms with Crippen LogP contribution in [0.2, 0.25) is 0 Å². The van der Waals surface area contributed by atoms with Crippen LogP contribution in [0.25, 0.3) is 0 Å². The van der Waals surface area contributed by atoms with Crippen molar-refractivity contribution in [2.24, 2.45) is 5.92 Å². The maximum atomic E-state index is 12.6. The third-order valence-electron chi connectivity index (χ3n) is 3.74. The molecule has 1 aliphatic rings. The van der Waals surface area contributed by atoms with Crippen molar-refractivity contribution in [3.05, 3.63) is 29.8 Å². The standard InChI is InChI=1S/C17H27N3O/c1-14(2)13-18-8-11-19-9-5-10-20(17(19)21)16-7-4-6-15(3)12-16/h4,6-7,12,14,18H,5,8-11,13H2,1-3H3. The van der Waals surface area contributed by atoms with Gasteiger partial charge in [0, 0.05) is 31.9 Å². The van der Waals surface area contributed by atoms with Crippen molar-refractivity contribution < 1.29 is 4.79 Å². The van der Waals surface area contributed by atoms with Crippen molar-refractivity contribution in [1.29, 1.82) is 0 Å². The Morgan fingerprint density at radius 3 is 2.81 bits per heavy atom. The molecule has 1 fully saturated rings. The Hall–Kier alpha value is -1.55. The van der Waals surface area contributed by atoms with Gasteiger partial charge < -0.3 is 10.2 Å². The van der Waals surface area contributed by atoms with Gasteiger partial charge in [-0.3, -0.25) is 4.90 Å². The van der Waals surface area contributed by atoms with E-state index < -0.39 is 0 Å². The summed E-state index contributed by atoms with van der Waals surface area (Å²) in [5, 5.41) is 3.40. The van der Waals surface area contributed by atoms with Gasteiger partial charge in [0.2, 0.25) is 0 Å². The molecule has 0 saturated carbocycles. The zero-order valence-corrected chi connectivity index (χ0v) is 13.4. The number of hydrogen-bond donors (Lipinski definition) is 1. The molecule has 0 aromatic heterocycles. The summed E-state index contributed by atoms with van der Waals surface area (Å²) in [7, 11) is 0. The molecule has 0 radical (unpaired) electrons. The Bertz CT molecular complexity index is 473. The highest BCUT2D eigenvalue weighted by Crippen LogP contribution is 2.20. The van der Waals surface area contributed by atoms with Gasteiger partial charge in [-0.05, 0) is 43.5 Å². The number of anilines is 1. The van der Waals surface area contributed by atoms with Gasteiger partial charge in [-0.1, -0.05) is 26.0 Å². The smallest absolute Gasteiger partial charge is 0.323 e. The predicted molar refractivity (Wildman–Crippen MR) is 87.8 cm³/mol. The summed E-state index contributed by atoms with van der Waals surface area (Å²) in [4.78, 5) is 16.4. The SMILES string of the molecule is Cc1cccc(N2CCCN(CCNCC(C)C)C2=O)c1. The minimum absolute atomic E-state index is 0.137. The molecule has 2 amide bonds. The molecule has 1 aliphatic heterocycles. The van der Waals surface area contributed by atoms with Crippen molar-refractivity contribution in [1.82, 2.24) is 10.2 Å². The van der Waals surface area contributed by atoms with Crippen LogP contribution < -0.4 is 10.2 Å². The highest BCUT2D eigenvalue weighted by atomic mass is 16.2. The lowest BCUT2D eigenvalue weighted by Crippen LogP contribution is -2.51. The van der Waals surface area contributed by atoms with E-state index in [1.54, 1.807) is 0 Å². The molecule has 2 rings (SSSR count). The first kappa shape index (κ1) is 15.8. The minimum Gasteiger partial charge on any atom is -0.323 e. The lowest BCUT2D eigenvalue weighted by molar-refractivity contribution is 0.195. The molecule has 0 aliphatic carbocycles. The van der Waals surface area contributed by atoms with Gasteiger partial charge >= 0.3 is 6.03 Å². The van der Waals surface area contributed by atoms with E-state index in [1.165, 1.54) is 5.56 Å². The van der Waals surface area contributed by atoms with Gasteiger partial charge in [0.1, 0.15) is 0 Å². The maximum absolute atomic E-state index is 12.6. The topological polar surface area (TPSA) is 35.6 Å². The Kier molecular flexibility index (Phi) is 5.62. The third-order valence-corrected chi connectivity index (χ3v) is 3.74. The molecule has 1 aromatic rings. The highest BCUT2D eigenvalue weighted by Gasteiger charge is 2.26. The molecular weight excluding hydrogens is 262 g/mol. The van der Waals surface area contributed by atoms with Crippen LogP contribution in [0.4, 0.5) is 10.5 Å². The third kappa shape index (κ3) is 4.46. The van der Waals surface area contributed by atoms with Gasteiger partial charge in [0.15, 0.2) is 0 Å². The Labute approximate surface area is 128 Å². The normalized spacial score (nSPS) is 15.9. The summed E-state index contributed by atoms with van der Waals surface area (Å²) in [6.45, 7) is 10.8. The highest BCUT2D eigenvalue weighted by molar-refractivity contribution is 5.92. The molecule has 0 bridgehead atoms. The van der Waals surface area contributed by atoms with E-state index in [4.69, 9.17) is 0 Å². The molecule has 116 valence electrons. The van der Waals surface area contributed by atoms with E-state index >= 15 is 0 Å². The average molecular weight is 289 g/mol. The minimum atomic E-state index is 0.137. The Morgan fingerprint density at radius 1 is 1.29 bits per heavy atom. The summed E-state index contributed by atoms with van der Waals surface area (Å²) >= 11 is 0. The van der Waals surface area contributed by atoms with Crippen LogP contribution in [0.3, 0.4) is 0 Å². The monoisotopic (exact) mass is 289 g/mol. The fourth-order valence-electron chi connectivity index (χ4n) is 2.63. The first-order chi connectivity index (χ1) is 10.1. The molecule has 0 unspecified atom stereocenters. The molecule has 21 heavy (non-hydrogen) atoms. The zero-order valence-electron chi connectivity index (χ0n) is 13.4. The summed E-state index contributed by atoms with van der Waals surface area (Å²) in [5.41, 5.74) is 2.20. The number of aryl methyl sites for hydroxylation is 1. The number of benzene rings is 1. The fraction of sp³-hybridized carbons (Fsp3) is 0.588. The second-order valence-electron chi connectivity index (χ2n) is 6.21. The van der Waals surface area contributed by atoms with Crippen LogP contribution in [0.15, 0.2) is 24.3 Å². The molecular formula is C17H27N3O. The number of nitrogens with one attached hydrogen (secondary N) is 1. The summed E-state index contributed by atoms with van der Waals surface area (Å²) in [5.74, 6) is 0.644. The van der Waals surface area contributed by atoms with Crippen LogP contribution in [-0.2, 0) is 0 Å². The number of carbonyl (C=O) groups excluding carboxylic acids is 1. The van der Waals surface area contributed by atoms with Crippen molar-refractivity contribution in [3.63, 3.8) is 0 Å². The van der Waals surface area contributed by atoms with Crippen LogP contribution in [0, 0.1) is 12.8 Å². The first-order valence-electron chi connectivity index (χ1n) is 7.92. The van der Waals surface area contributed by atoms with Crippen molar-refractivity contribution >= 4 is 11.7 Å². The Balaban J connectivity index is 1.92. The van der Waals surface area contributed by atoms with E-state index in [-0.39, 0.29) is 6.03 Å². The molecule has 4 nitrogen and oxygen atoms in total. The van der Waals surface area contributed by atoms with Gasteiger partial charge in [-0.15, -0.1) is 0 Å². The molecule has 1 N–H and O–H groups in total. The second kappa shape index (κ2) is 7.46. The van der Waals surface area contributed by atoms with Crippen LogP contribution in [0.1, 0.15) is 25.8 Å². The number of nitrogens with zero attached hydrogens (tertiary/aromatic N) is 2. The number of amides is 2. The van der Waals surface area contributed by atoms with Crippen molar-refractivity contribution in [2.45, 2.75) is 27.2 Å². The van der Waals surface area contributed by atoms with Gasteiger partial charge in [0.05, 0.1) is 0 Å². The van der Waals surface area contributed by atoms with Gasteiger partial charge in [-0.25, -0.2) is 4.79 Å². The molecule has 1 saturated heterocycles. The zero-order chi connectivity index (χ0) is 15.2. The van der Waals surface area contributed by atoms with E-state index in [0.29, 0.717) is 5.92 Å². The van der Waals surface area contributed by atoms with Crippen LogP contribution >= 0.6 is 0 Å². The van der Waals surface area contributed by atoms with E-state index in [2.05, 4.69) is 38.2 Å². The summed E-state index contributed by atoms with van der Waals surface area (Å²) in [6, 6.07) is 8.31. The van der Waals surface area contributed by atoms with Crippen LogP contribution in [0.5, 0.6) is 0 Å². The van der Waals surface area contributed by atoms with Gasteiger partial charge in [0.25, 0.3) is 0 Å². The fourth-order valence-corrected chi connectivity index (χ4v) is 2.63. The molecule has 1 heterocycles. The number of hydrogen-bond acceptors (Lipinski definition) is 2. The largest absolute Gasteiger partial charge is 0.324 e. The lowest BCUT2D eigenvalue weighted by Gasteiger charge is -2.36. The average Bonchev–Trinajstić information content (AvgIpc) is 2.45. The molecule has 0 atom stereocenters. The van der Waals surface area contributed by atoms with E-state index in [9.17, 15) is 4.79 Å². The molecule has 4 heteroatoms. The quantitative estimate of drug-likeness (QED) is 0.817. The number of carbonyl (C=O) groups is 1. The molecule has 1 aromatic carbocycles. The van der Waals surface area contributed by atoms with Crippen molar-refractivity contribution in [3.8, 4) is 0 Å². The summed E-state index contributed by atoms with van der Waals surface area (Å²) in [6.07, 6.45) is 1.03. The second-order valence-corrected chi connectivity index (χ2v) is 6.21.